The fourth-order valence-electron chi connectivity index (χ4n) is 2.65. The van der Waals surface area contributed by atoms with Crippen molar-refractivity contribution in [3.8, 4) is 17.6 Å². The summed E-state index contributed by atoms with van der Waals surface area (Å²) in [5.74, 6) is 0.141. The minimum atomic E-state index is -0.554. The summed E-state index contributed by atoms with van der Waals surface area (Å²) in [6, 6.07) is 16.6. The molecule has 0 radical (unpaired) electrons. The molecule has 0 aliphatic rings. The SMILES string of the molecule is N#C/C(=C\c1cc(Br)c(OCc2ccc(Cl)cc2Cl)c(I)c1)C(=O)Nc1ccc(O)cc1. The Hall–Kier alpha value is -2.25. The zero-order valence-electron chi connectivity index (χ0n) is 16.2. The van der Waals surface area contributed by atoms with E-state index in [2.05, 4.69) is 43.8 Å². The summed E-state index contributed by atoms with van der Waals surface area (Å²) in [6.07, 6.45) is 1.49. The van der Waals surface area contributed by atoms with Gasteiger partial charge in [-0.15, -0.1) is 0 Å². The molecule has 1 amide bonds. The highest BCUT2D eigenvalue weighted by Gasteiger charge is 2.13. The minimum Gasteiger partial charge on any atom is -0.508 e. The van der Waals surface area contributed by atoms with Gasteiger partial charge in [0.15, 0.2) is 0 Å². The van der Waals surface area contributed by atoms with Crippen LogP contribution in [0.3, 0.4) is 0 Å². The quantitative estimate of drug-likeness (QED) is 0.129. The number of halogens is 4. The van der Waals surface area contributed by atoms with Crippen LogP contribution in [0.4, 0.5) is 5.69 Å². The third-order valence-corrected chi connectivity index (χ3v) is 6.19. The highest BCUT2D eigenvalue weighted by atomic mass is 127. The number of phenolic OH excluding ortho intramolecular Hbond substituents is 1. The smallest absolute Gasteiger partial charge is 0.266 e. The van der Waals surface area contributed by atoms with Crippen molar-refractivity contribution in [3.63, 3.8) is 0 Å². The Morgan fingerprint density at radius 1 is 1.19 bits per heavy atom. The second kappa shape index (κ2) is 11.1. The standard InChI is InChI=1S/C23H14BrCl2IN2O3/c24-19-8-13(7-15(11-28)23(31)29-17-3-5-18(30)6-4-17)9-21(27)22(19)32-12-14-1-2-16(25)10-20(14)26/h1-10,30H,12H2,(H,29,31)/b15-7+. The minimum absolute atomic E-state index is 0.0672. The van der Waals surface area contributed by atoms with E-state index in [1.165, 1.54) is 18.2 Å². The third kappa shape index (κ3) is 6.39. The van der Waals surface area contributed by atoms with Gasteiger partial charge < -0.3 is 15.2 Å². The van der Waals surface area contributed by atoms with Crippen LogP contribution in [0.15, 0.2) is 64.6 Å². The van der Waals surface area contributed by atoms with Crippen molar-refractivity contribution in [2.75, 3.05) is 5.32 Å². The van der Waals surface area contributed by atoms with Crippen LogP contribution >= 0.6 is 61.7 Å². The number of amides is 1. The summed E-state index contributed by atoms with van der Waals surface area (Å²) in [7, 11) is 0. The molecule has 0 bridgehead atoms. The molecule has 2 N–H and O–H groups in total. The maximum Gasteiger partial charge on any atom is 0.266 e. The topological polar surface area (TPSA) is 82.3 Å². The van der Waals surface area contributed by atoms with Crippen molar-refractivity contribution in [2.45, 2.75) is 6.61 Å². The number of ether oxygens (including phenoxy) is 1. The van der Waals surface area contributed by atoms with Gasteiger partial charge in [-0.1, -0.05) is 29.3 Å². The summed E-state index contributed by atoms with van der Waals surface area (Å²) >= 11 is 17.7. The molecule has 0 fully saturated rings. The molecule has 0 saturated carbocycles. The molecule has 0 heterocycles. The third-order valence-electron chi connectivity index (χ3n) is 4.21. The van der Waals surface area contributed by atoms with Gasteiger partial charge in [-0.3, -0.25) is 4.79 Å². The molecule has 0 unspecified atom stereocenters. The van der Waals surface area contributed by atoms with Crippen LogP contribution in [-0.4, -0.2) is 11.0 Å². The molecule has 0 aromatic heterocycles. The van der Waals surface area contributed by atoms with Gasteiger partial charge in [-0.2, -0.15) is 5.26 Å². The summed E-state index contributed by atoms with van der Waals surface area (Å²) in [6.45, 7) is 0.248. The van der Waals surface area contributed by atoms with Crippen molar-refractivity contribution in [1.29, 1.82) is 5.26 Å². The van der Waals surface area contributed by atoms with Gasteiger partial charge in [0.2, 0.25) is 0 Å². The fourth-order valence-corrected chi connectivity index (χ4v) is 4.88. The molecule has 32 heavy (non-hydrogen) atoms. The van der Waals surface area contributed by atoms with Crippen molar-refractivity contribution in [2.24, 2.45) is 0 Å². The first-order chi connectivity index (χ1) is 15.3. The molecular formula is C23H14BrCl2IN2O3. The Morgan fingerprint density at radius 3 is 2.53 bits per heavy atom. The maximum atomic E-state index is 12.5. The van der Waals surface area contributed by atoms with E-state index < -0.39 is 5.91 Å². The summed E-state index contributed by atoms with van der Waals surface area (Å²) in [5.41, 5.74) is 1.84. The van der Waals surface area contributed by atoms with Crippen molar-refractivity contribution >= 4 is 79.4 Å². The molecule has 0 spiro atoms. The number of phenols is 1. The average molecular weight is 644 g/mol. The number of nitriles is 1. The maximum absolute atomic E-state index is 12.5. The molecule has 162 valence electrons. The lowest BCUT2D eigenvalue weighted by Crippen LogP contribution is -2.13. The van der Waals surface area contributed by atoms with E-state index in [9.17, 15) is 15.2 Å². The van der Waals surface area contributed by atoms with Crippen LogP contribution in [0.5, 0.6) is 11.5 Å². The van der Waals surface area contributed by atoms with E-state index in [1.54, 1.807) is 42.5 Å². The lowest BCUT2D eigenvalue weighted by Gasteiger charge is -2.13. The predicted octanol–water partition coefficient (Wildman–Crippen LogP) is 7.19. The van der Waals surface area contributed by atoms with E-state index >= 15 is 0 Å². The van der Waals surface area contributed by atoms with Crippen molar-refractivity contribution in [3.05, 3.63) is 89.4 Å². The van der Waals surface area contributed by atoms with Gasteiger partial charge in [-0.25, -0.2) is 0 Å². The van der Waals surface area contributed by atoms with Crippen LogP contribution in [-0.2, 0) is 11.4 Å². The van der Waals surface area contributed by atoms with E-state index in [1.807, 2.05) is 6.07 Å². The van der Waals surface area contributed by atoms with Crippen molar-refractivity contribution in [1.82, 2.24) is 0 Å². The van der Waals surface area contributed by atoms with Crippen LogP contribution in [0.25, 0.3) is 6.08 Å². The van der Waals surface area contributed by atoms with Crippen LogP contribution < -0.4 is 10.1 Å². The average Bonchev–Trinajstić information content (AvgIpc) is 2.74. The highest BCUT2D eigenvalue weighted by molar-refractivity contribution is 14.1. The van der Waals surface area contributed by atoms with Crippen molar-refractivity contribution < 1.29 is 14.6 Å². The zero-order chi connectivity index (χ0) is 23.3. The molecule has 3 rings (SSSR count). The molecule has 0 aliphatic heterocycles. The zero-order valence-corrected chi connectivity index (χ0v) is 21.5. The van der Waals surface area contributed by atoms with Gasteiger partial charge in [0, 0.05) is 21.3 Å². The monoisotopic (exact) mass is 642 g/mol. The second-order valence-electron chi connectivity index (χ2n) is 6.51. The number of anilines is 1. The number of rotatable bonds is 6. The summed E-state index contributed by atoms with van der Waals surface area (Å²) in [5, 5.41) is 22.5. The molecule has 9 heteroatoms. The second-order valence-corrected chi connectivity index (χ2v) is 9.37. The molecule has 0 atom stereocenters. The van der Waals surface area contributed by atoms with Crippen LogP contribution in [0.2, 0.25) is 10.0 Å². The Kier molecular flexibility index (Phi) is 8.43. The van der Waals surface area contributed by atoms with Gasteiger partial charge in [-0.05, 0) is 98.7 Å². The molecule has 3 aromatic rings. The molecule has 3 aromatic carbocycles. The number of carbonyl (C=O) groups excluding carboxylic acids is 1. The Balaban J connectivity index is 1.77. The number of hydrogen-bond donors (Lipinski definition) is 2. The number of benzene rings is 3. The summed E-state index contributed by atoms with van der Waals surface area (Å²) in [4.78, 5) is 12.5. The number of nitrogens with zero attached hydrogens (tertiary/aromatic N) is 1. The lowest BCUT2D eigenvalue weighted by atomic mass is 10.1. The highest BCUT2D eigenvalue weighted by Crippen LogP contribution is 2.34. The predicted molar refractivity (Wildman–Crippen MR) is 138 cm³/mol. The first-order valence-corrected chi connectivity index (χ1v) is 11.7. The Labute approximate surface area is 216 Å². The molecular weight excluding hydrogens is 630 g/mol. The number of aromatic hydroxyl groups is 1. The number of hydrogen-bond acceptors (Lipinski definition) is 4. The molecule has 0 saturated heterocycles. The first kappa shape index (κ1) is 24.4. The normalized spacial score (nSPS) is 11.0. The van der Waals surface area contributed by atoms with E-state index in [4.69, 9.17) is 27.9 Å². The van der Waals surface area contributed by atoms with Gasteiger partial charge in [0.05, 0.1) is 8.04 Å². The summed E-state index contributed by atoms with van der Waals surface area (Å²) < 4.78 is 7.38. The van der Waals surface area contributed by atoms with Gasteiger partial charge >= 0.3 is 0 Å². The molecule has 5 nitrogen and oxygen atoms in total. The fraction of sp³-hybridized carbons (Fsp3) is 0.0435. The largest absolute Gasteiger partial charge is 0.508 e. The van der Waals surface area contributed by atoms with E-state index in [0.717, 1.165) is 9.13 Å². The van der Waals surface area contributed by atoms with Crippen LogP contribution in [0.1, 0.15) is 11.1 Å². The van der Waals surface area contributed by atoms with E-state index in [-0.39, 0.29) is 17.9 Å². The number of nitrogens with one attached hydrogen (secondary N) is 1. The molecule has 0 aliphatic carbocycles. The number of carbonyl (C=O) groups is 1. The first-order valence-electron chi connectivity index (χ1n) is 9.05. The van der Waals surface area contributed by atoms with E-state index in [0.29, 0.717) is 31.5 Å². The van der Waals surface area contributed by atoms with Gasteiger partial charge in [0.1, 0.15) is 29.7 Å². The lowest BCUT2D eigenvalue weighted by molar-refractivity contribution is -0.112. The van der Waals surface area contributed by atoms with Gasteiger partial charge in [0.25, 0.3) is 5.91 Å². The Morgan fingerprint density at radius 2 is 1.91 bits per heavy atom. The van der Waals surface area contributed by atoms with Crippen LogP contribution in [0, 0.1) is 14.9 Å². The Bertz CT molecular complexity index is 1220.